The normalized spacial score (nSPS) is 24.8. The second-order valence-corrected chi connectivity index (χ2v) is 5.37. The predicted octanol–water partition coefficient (Wildman–Crippen LogP) is 0.576. The fraction of sp³-hybridized carbons (Fsp3) is 0.533. The molecule has 5 nitrogen and oxygen atoms in total. The second kappa shape index (κ2) is 5.99. The first-order chi connectivity index (χ1) is 10.2. The summed E-state index contributed by atoms with van der Waals surface area (Å²) in [5.74, 6) is -0.232. The van der Waals surface area contributed by atoms with Gasteiger partial charge in [-0.25, -0.2) is 4.39 Å². The van der Waals surface area contributed by atoms with Gasteiger partial charge in [-0.05, 0) is 17.7 Å². The molecule has 1 amide bonds. The number of carbonyl (C=O) groups is 1. The Morgan fingerprint density at radius 2 is 2.38 bits per heavy atom. The molecule has 0 aromatic heterocycles. The maximum atomic E-state index is 13.7. The minimum absolute atomic E-state index is 0.0153. The lowest BCUT2D eigenvalue weighted by Crippen LogP contribution is -2.53. The van der Waals surface area contributed by atoms with Crippen LogP contribution < -0.4 is 10.1 Å². The molecule has 2 aliphatic rings. The van der Waals surface area contributed by atoms with Crippen molar-refractivity contribution in [3.05, 3.63) is 29.6 Å². The molecule has 0 radical (unpaired) electrons. The molecule has 1 aromatic carbocycles. The summed E-state index contributed by atoms with van der Waals surface area (Å²) in [6, 6.07) is 4.73. The van der Waals surface area contributed by atoms with Crippen LogP contribution in [0.2, 0.25) is 0 Å². The Kier molecular flexibility index (Phi) is 4.07. The average Bonchev–Trinajstić information content (AvgIpc) is 2.95. The molecule has 1 aromatic rings. The zero-order valence-electron chi connectivity index (χ0n) is 12.0. The maximum Gasteiger partial charge on any atom is 0.227 e. The van der Waals surface area contributed by atoms with Crippen LogP contribution in [0.4, 0.5) is 4.39 Å². The molecule has 0 bridgehead atoms. The number of amides is 1. The van der Waals surface area contributed by atoms with E-state index in [0.29, 0.717) is 18.7 Å². The molecule has 2 atom stereocenters. The van der Waals surface area contributed by atoms with Crippen molar-refractivity contribution in [3.63, 3.8) is 0 Å². The zero-order chi connectivity index (χ0) is 14.8. The van der Waals surface area contributed by atoms with Gasteiger partial charge in [0.2, 0.25) is 5.91 Å². The van der Waals surface area contributed by atoms with Crippen LogP contribution in [0.25, 0.3) is 0 Å². The lowest BCUT2D eigenvalue weighted by Gasteiger charge is -2.37. The topological polar surface area (TPSA) is 50.8 Å². The van der Waals surface area contributed by atoms with Gasteiger partial charge in [0.1, 0.15) is 0 Å². The van der Waals surface area contributed by atoms with Crippen LogP contribution in [0.15, 0.2) is 18.2 Å². The summed E-state index contributed by atoms with van der Waals surface area (Å²) in [6.07, 6.45) is 0.278. The fourth-order valence-electron chi connectivity index (χ4n) is 3.00. The minimum atomic E-state index is -0.440. The van der Waals surface area contributed by atoms with E-state index in [-0.39, 0.29) is 30.2 Å². The Morgan fingerprint density at radius 3 is 3.14 bits per heavy atom. The largest absolute Gasteiger partial charge is 0.494 e. The molecular formula is C15H19FN2O3. The molecular weight excluding hydrogens is 275 g/mol. The molecule has 2 saturated heterocycles. The first-order valence-electron chi connectivity index (χ1n) is 7.13. The number of hydrogen-bond acceptors (Lipinski definition) is 4. The van der Waals surface area contributed by atoms with Crippen LogP contribution in [0, 0.1) is 5.82 Å². The van der Waals surface area contributed by atoms with E-state index in [1.165, 1.54) is 13.2 Å². The van der Waals surface area contributed by atoms with Crippen molar-refractivity contribution in [2.75, 3.05) is 33.4 Å². The number of fused-ring (bicyclic) bond motifs is 1. The molecule has 2 fully saturated rings. The number of ether oxygens (including phenoxy) is 2. The highest BCUT2D eigenvalue weighted by Crippen LogP contribution is 2.21. The van der Waals surface area contributed by atoms with Gasteiger partial charge in [-0.2, -0.15) is 0 Å². The van der Waals surface area contributed by atoms with E-state index in [0.717, 1.165) is 13.1 Å². The van der Waals surface area contributed by atoms with Gasteiger partial charge < -0.3 is 19.7 Å². The SMILES string of the molecule is COc1ccc(CC(=O)N2CCO[C@H]3CNC[C@H]32)cc1F. The summed E-state index contributed by atoms with van der Waals surface area (Å²) < 4.78 is 24.2. The number of hydrogen-bond donors (Lipinski definition) is 1. The minimum Gasteiger partial charge on any atom is -0.494 e. The second-order valence-electron chi connectivity index (χ2n) is 5.37. The Hall–Kier alpha value is -1.66. The molecule has 2 heterocycles. The smallest absolute Gasteiger partial charge is 0.227 e. The number of methoxy groups -OCH3 is 1. The molecule has 0 spiro atoms. The van der Waals surface area contributed by atoms with Gasteiger partial charge in [-0.15, -0.1) is 0 Å². The number of carbonyl (C=O) groups excluding carboxylic acids is 1. The maximum absolute atomic E-state index is 13.7. The van der Waals surface area contributed by atoms with E-state index in [2.05, 4.69) is 5.32 Å². The third-order valence-corrected chi connectivity index (χ3v) is 4.08. The molecule has 0 unspecified atom stereocenters. The third-order valence-electron chi connectivity index (χ3n) is 4.08. The number of rotatable bonds is 3. The number of benzene rings is 1. The van der Waals surface area contributed by atoms with Crippen LogP contribution in [-0.2, 0) is 16.0 Å². The Labute approximate surface area is 123 Å². The van der Waals surface area contributed by atoms with E-state index in [1.807, 2.05) is 4.90 Å². The number of nitrogens with zero attached hydrogens (tertiary/aromatic N) is 1. The van der Waals surface area contributed by atoms with Crippen LogP contribution >= 0.6 is 0 Å². The van der Waals surface area contributed by atoms with Gasteiger partial charge in [-0.1, -0.05) is 6.07 Å². The molecule has 3 rings (SSSR count). The highest BCUT2D eigenvalue weighted by molar-refractivity contribution is 5.79. The van der Waals surface area contributed by atoms with Gasteiger partial charge in [0, 0.05) is 19.6 Å². The number of morpholine rings is 1. The summed E-state index contributed by atoms with van der Waals surface area (Å²) in [4.78, 5) is 14.3. The summed E-state index contributed by atoms with van der Waals surface area (Å²) in [5.41, 5.74) is 0.660. The average molecular weight is 294 g/mol. The van der Waals surface area contributed by atoms with Gasteiger partial charge in [-0.3, -0.25) is 4.79 Å². The van der Waals surface area contributed by atoms with E-state index >= 15 is 0 Å². The third kappa shape index (κ3) is 2.87. The molecule has 21 heavy (non-hydrogen) atoms. The monoisotopic (exact) mass is 294 g/mol. The highest BCUT2D eigenvalue weighted by atomic mass is 19.1. The van der Waals surface area contributed by atoms with Crippen molar-refractivity contribution in [1.29, 1.82) is 0 Å². The lowest BCUT2D eigenvalue weighted by atomic mass is 10.1. The Morgan fingerprint density at radius 1 is 1.52 bits per heavy atom. The standard InChI is InChI=1S/C15H19FN2O3/c1-20-13-3-2-10(6-11(13)16)7-15(19)18-4-5-21-14-9-17-8-12(14)18/h2-3,6,12,14,17H,4-5,7-9H2,1H3/t12-,14+/m1/s1. The van der Waals surface area contributed by atoms with Crippen LogP contribution in [0.1, 0.15) is 5.56 Å². The first-order valence-corrected chi connectivity index (χ1v) is 7.13. The molecule has 2 aliphatic heterocycles. The van der Waals surface area contributed by atoms with E-state index in [4.69, 9.17) is 9.47 Å². The van der Waals surface area contributed by atoms with Crippen molar-refractivity contribution in [3.8, 4) is 5.75 Å². The summed E-state index contributed by atoms with van der Waals surface area (Å²) in [6.45, 7) is 2.70. The van der Waals surface area contributed by atoms with Crippen LogP contribution in [0.3, 0.4) is 0 Å². The molecule has 6 heteroatoms. The predicted molar refractivity (Wildman–Crippen MR) is 74.8 cm³/mol. The Balaban J connectivity index is 1.69. The van der Waals surface area contributed by atoms with Crippen molar-refractivity contribution in [1.82, 2.24) is 10.2 Å². The van der Waals surface area contributed by atoms with Crippen molar-refractivity contribution < 1.29 is 18.7 Å². The fourth-order valence-corrected chi connectivity index (χ4v) is 3.00. The van der Waals surface area contributed by atoms with Gasteiger partial charge >= 0.3 is 0 Å². The van der Waals surface area contributed by atoms with Crippen molar-refractivity contribution >= 4 is 5.91 Å². The molecule has 1 N–H and O–H groups in total. The van der Waals surface area contributed by atoms with Crippen LogP contribution in [0.5, 0.6) is 5.75 Å². The van der Waals surface area contributed by atoms with Gasteiger partial charge in [0.15, 0.2) is 11.6 Å². The van der Waals surface area contributed by atoms with E-state index in [1.54, 1.807) is 12.1 Å². The molecule has 0 saturated carbocycles. The molecule has 0 aliphatic carbocycles. The van der Waals surface area contributed by atoms with Gasteiger partial charge in [0.05, 0.1) is 32.3 Å². The Bertz CT molecular complexity index is 538. The first kappa shape index (κ1) is 14.3. The van der Waals surface area contributed by atoms with E-state index in [9.17, 15) is 9.18 Å². The summed E-state index contributed by atoms with van der Waals surface area (Å²) >= 11 is 0. The van der Waals surface area contributed by atoms with Crippen LogP contribution in [-0.4, -0.2) is 56.3 Å². The van der Waals surface area contributed by atoms with Gasteiger partial charge in [0.25, 0.3) is 0 Å². The quantitative estimate of drug-likeness (QED) is 0.886. The van der Waals surface area contributed by atoms with Crippen molar-refractivity contribution in [2.45, 2.75) is 18.6 Å². The summed E-state index contributed by atoms with van der Waals surface area (Å²) in [7, 11) is 1.42. The molecule has 114 valence electrons. The zero-order valence-corrected chi connectivity index (χ0v) is 12.0. The summed E-state index contributed by atoms with van der Waals surface area (Å²) in [5, 5.41) is 3.24. The lowest BCUT2D eigenvalue weighted by molar-refractivity contribution is -0.142. The van der Waals surface area contributed by atoms with E-state index < -0.39 is 5.82 Å². The number of halogens is 1. The number of nitrogens with one attached hydrogen (secondary N) is 1. The van der Waals surface area contributed by atoms with Crippen molar-refractivity contribution in [2.24, 2.45) is 0 Å². The highest BCUT2D eigenvalue weighted by Gasteiger charge is 2.38.